The minimum atomic E-state index is -0.554. The van der Waals surface area contributed by atoms with Crippen molar-refractivity contribution in [1.82, 2.24) is 5.32 Å². The molecule has 0 spiro atoms. The van der Waals surface area contributed by atoms with Crippen molar-refractivity contribution in [3.8, 4) is 5.75 Å². The number of amides is 1. The number of hydrogen-bond acceptors (Lipinski definition) is 3. The molecule has 4 heteroatoms. The molecular weight excluding hydrogens is 264 g/mol. The van der Waals surface area contributed by atoms with E-state index in [0.29, 0.717) is 13.0 Å². The lowest BCUT2D eigenvalue weighted by molar-refractivity contribution is -0.122. The van der Waals surface area contributed by atoms with Crippen molar-refractivity contribution >= 4 is 5.91 Å². The van der Waals surface area contributed by atoms with Crippen LogP contribution in [0.5, 0.6) is 5.75 Å². The molecule has 21 heavy (non-hydrogen) atoms. The Morgan fingerprint density at radius 1 is 1.10 bits per heavy atom. The molecular formula is C17H20N2O2. The molecule has 2 aromatic carbocycles. The van der Waals surface area contributed by atoms with Crippen molar-refractivity contribution in [3.05, 3.63) is 65.7 Å². The van der Waals surface area contributed by atoms with E-state index in [1.807, 2.05) is 54.6 Å². The van der Waals surface area contributed by atoms with Gasteiger partial charge >= 0.3 is 0 Å². The van der Waals surface area contributed by atoms with E-state index in [0.717, 1.165) is 16.9 Å². The van der Waals surface area contributed by atoms with E-state index in [-0.39, 0.29) is 5.91 Å². The lowest BCUT2D eigenvalue weighted by Crippen LogP contribution is -2.41. The molecule has 1 amide bonds. The van der Waals surface area contributed by atoms with Crippen LogP contribution in [-0.4, -0.2) is 19.1 Å². The highest BCUT2D eigenvalue weighted by molar-refractivity contribution is 5.81. The summed E-state index contributed by atoms with van der Waals surface area (Å²) in [5.41, 5.74) is 8.01. The number of carbonyl (C=O) groups excluding carboxylic acids is 1. The maximum absolute atomic E-state index is 12.0. The quantitative estimate of drug-likeness (QED) is 0.851. The van der Waals surface area contributed by atoms with Crippen molar-refractivity contribution in [2.45, 2.75) is 19.0 Å². The third-order valence-electron chi connectivity index (χ3n) is 3.26. The molecule has 1 atom stereocenters. The average Bonchev–Trinajstić information content (AvgIpc) is 2.54. The van der Waals surface area contributed by atoms with Crippen LogP contribution in [0.25, 0.3) is 0 Å². The van der Waals surface area contributed by atoms with Crippen LogP contribution < -0.4 is 15.8 Å². The highest BCUT2D eigenvalue weighted by Gasteiger charge is 2.13. The summed E-state index contributed by atoms with van der Waals surface area (Å²) in [6.07, 6.45) is 0.505. The zero-order chi connectivity index (χ0) is 15.1. The van der Waals surface area contributed by atoms with Gasteiger partial charge in [0.05, 0.1) is 13.2 Å². The van der Waals surface area contributed by atoms with E-state index in [2.05, 4.69) is 5.32 Å². The van der Waals surface area contributed by atoms with Crippen LogP contribution in [-0.2, 0) is 17.8 Å². The van der Waals surface area contributed by atoms with Crippen LogP contribution in [0.3, 0.4) is 0 Å². The van der Waals surface area contributed by atoms with Gasteiger partial charge in [-0.1, -0.05) is 42.5 Å². The number of carbonyl (C=O) groups is 1. The van der Waals surface area contributed by atoms with E-state index in [1.165, 1.54) is 0 Å². The molecule has 0 bridgehead atoms. The van der Waals surface area contributed by atoms with Crippen molar-refractivity contribution in [1.29, 1.82) is 0 Å². The molecule has 2 aromatic rings. The van der Waals surface area contributed by atoms with Gasteiger partial charge in [0, 0.05) is 6.54 Å². The molecule has 0 aliphatic rings. The second-order valence-corrected chi connectivity index (χ2v) is 4.86. The Hall–Kier alpha value is -2.33. The molecule has 3 N–H and O–H groups in total. The minimum Gasteiger partial charge on any atom is -0.497 e. The average molecular weight is 284 g/mol. The molecule has 0 fully saturated rings. The van der Waals surface area contributed by atoms with Gasteiger partial charge in [0.25, 0.3) is 0 Å². The highest BCUT2D eigenvalue weighted by atomic mass is 16.5. The molecule has 110 valence electrons. The van der Waals surface area contributed by atoms with Gasteiger partial charge in [0.15, 0.2) is 0 Å². The Morgan fingerprint density at radius 3 is 2.38 bits per heavy atom. The number of ether oxygens (including phenoxy) is 1. The number of nitrogens with two attached hydrogens (primary N) is 1. The first-order chi connectivity index (χ1) is 10.2. The van der Waals surface area contributed by atoms with Crippen LogP contribution in [0.2, 0.25) is 0 Å². The zero-order valence-electron chi connectivity index (χ0n) is 12.1. The van der Waals surface area contributed by atoms with Gasteiger partial charge in [0.1, 0.15) is 5.75 Å². The fourth-order valence-corrected chi connectivity index (χ4v) is 2.02. The minimum absolute atomic E-state index is 0.144. The van der Waals surface area contributed by atoms with Gasteiger partial charge < -0.3 is 15.8 Å². The van der Waals surface area contributed by atoms with Crippen molar-refractivity contribution in [3.63, 3.8) is 0 Å². The number of hydrogen-bond donors (Lipinski definition) is 2. The number of nitrogens with one attached hydrogen (secondary N) is 1. The first-order valence-electron chi connectivity index (χ1n) is 6.89. The Balaban J connectivity index is 1.84. The summed E-state index contributed by atoms with van der Waals surface area (Å²) in [4.78, 5) is 12.0. The second kappa shape index (κ2) is 7.45. The summed E-state index contributed by atoms with van der Waals surface area (Å²) < 4.78 is 5.10. The topological polar surface area (TPSA) is 64.3 Å². The second-order valence-electron chi connectivity index (χ2n) is 4.86. The normalized spacial score (nSPS) is 11.7. The zero-order valence-corrected chi connectivity index (χ0v) is 12.1. The fourth-order valence-electron chi connectivity index (χ4n) is 2.02. The van der Waals surface area contributed by atoms with E-state index in [4.69, 9.17) is 10.5 Å². The first kappa shape index (κ1) is 15.1. The predicted molar refractivity (Wildman–Crippen MR) is 83.0 cm³/mol. The maximum Gasteiger partial charge on any atom is 0.237 e. The molecule has 0 heterocycles. The number of rotatable bonds is 6. The third kappa shape index (κ3) is 4.61. The first-order valence-corrected chi connectivity index (χ1v) is 6.89. The van der Waals surface area contributed by atoms with Crippen LogP contribution in [0, 0.1) is 0 Å². The third-order valence-corrected chi connectivity index (χ3v) is 3.26. The predicted octanol–water partition coefficient (Wildman–Crippen LogP) is 1.88. The summed E-state index contributed by atoms with van der Waals surface area (Å²) in [6.45, 7) is 0.496. The summed E-state index contributed by atoms with van der Waals surface area (Å²) in [7, 11) is 1.62. The smallest absolute Gasteiger partial charge is 0.237 e. The van der Waals surface area contributed by atoms with Gasteiger partial charge in [-0.25, -0.2) is 0 Å². The standard InChI is InChI=1S/C17H20N2O2/c1-21-15-9-7-13(8-10-15)11-16(18)17(20)19-12-14-5-3-2-4-6-14/h2-10,16H,11-12,18H2,1H3,(H,19,20)/t16-/m0/s1. The summed E-state index contributed by atoms with van der Waals surface area (Å²) in [5, 5.41) is 2.85. The maximum atomic E-state index is 12.0. The van der Waals surface area contributed by atoms with E-state index in [9.17, 15) is 4.79 Å². The monoisotopic (exact) mass is 284 g/mol. The highest BCUT2D eigenvalue weighted by Crippen LogP contribution is 2.12. The van der Waals surface area contributed by atoms with Gasteiger partial charge in [0.2, 0.25) is 5.91 Å². The Kier molecular flexibility index (Phi) is 5.35. The number of benzene rings is 2. The SMILES string of the molecule is COc1ccc(C[C@H](N)C(=O)NCc2ccccc2)cc1. The lowest BCUT2D eigenvalue weighted by atomic mass is 10.1. The number of methoxy groups -OCH3 is 1. The summed E-state index contributed by atoms with van der Waals surface area (Å²) >= 11 is 0. The largest absolute Gasteiger partial charge is 0.497 e. The van der Waals surface area contributed by atoms with Crippen LogP contribution in [0.1, 0.15) is 11.1 Å². The van der Waals surface area contributed by atoms with Crippen molar-refractivity contribution in [2.24, 2.45) is 5.73 Å². The molecule has 0 unspecified atom stereocenters. The van der Waals surface area contributed by atoms with Gasteiger partial charge in [-0.15, -0.1) is 0 Å². The van der Waals surface area contributed by atoms with E-state index >= 15 is 0 Å². The van der Waals surface area contributed by atoms with E-state index in [1.54, 1.807) is 7.11 Å². The van der Waals surface area contributed by atoms with Crippen LogP contribution in [0.15, 0.2) is 54.6 Å². The summed E-state index contributed by atoms with van der Waals surface area (Å²) in [6, 6.07) is 16.8. The summed E-state index contributed by atoms with van der Waals surface area (Å²) in [5.74, 6) is 0.649. The molecule has 0 saturated carbocycles. The van der Waals surface area contributed by atoms with E-state index < -0.39 is 6.04 Å². The van der Waals surface area contributed by atoms with Gasteiger partial charge in [-0.2, -0.15) is 0 Å². The van der Waals surface area contributed by atoms with Crippen LogP contribution >= 0.6 is 0 Å². The lowest BCUT2D eigenvalue weighted by Gasteiger charge is -2.12. The van der Waals surface area contributed by atoms with Crippen LogP contribution in [0.4, 0.5) is 0 Å². The Labute approximate surface area is 124 Å². The Morgan fingerprint density at radius 2 is 1.76 bits per heavy atom. The molecule has 4 nitrogen and oxygen atoms in total. The molecule has 2 rings (SSSR count). The van der Waals surface area contributed by atoms with Crippen molar-refractivity contribution in [2.75, 3.05) is 7.11 Å². The molecule has 0 radical (unpaired) electrons. The molecule has 0 aromatic heterocycles. The van der Waals surface area contributed by atoms with Gasteiger partial charge in [-0.05, 0) is 29.7 Å². The molecule has 0 saturated heterocycles. The van der Waals surface area contributed by atoms with Crippen molar-refractivity contribution < 1.29 is 9.53 Å². The van der Waals surface area contributed by atoms with Gasteiger partial charge in [-0.3, -0.25) is 4.79 Å². The fraction of sp³-hybridized carbons (Fsp3) is 0.235. The molecule has 0 aliphatic carbocycles. The molecule has 0 aliphatic heterocycles. The Bertz CT molecular complexity index is 567.